The van der Waals surface area contributed by atoms with E-state index < -0.39 is 5.97 Å². The number of esters is 1. The second kappa shape index (κ2) is 13.2. The molecule has 5 nitrogen and oxygen atoms in total. The van der Waals surface area contributed by atoms with Crippen LogP contribution in [-0.4, -0.2) is 23.6 Å². The first-order valence-electron chi connectivity index (χ1n) is 9.82. The van der Waals surface area contributed by atoms with Gasteiger partial charge in [-0.1, -0.05) is 64.7 Å². The molecule has 0 aliphatic carbocycles. The summed E-state index contributed by atoms with van der Waals surface area (Å²) < 4.78 is 5.28. The van der Waals surface area contributed by atoms with Gasteiger partial charge in [0.05, 0.1) is 17.9 Å². The number of unbranched alkanes of at least 4 members (excludes halogenated alkanes) is 9. The Morgan fingerprint density at radius 2 is 1.54 bits per heavy atom. The first-order chi connectivity index (χ1) is 12.5. The Kier molecular flexibility index (Phi) is 11.2. The number of amides is 1. The second-order valence-electron chi connectivity index (χ2n) is 6.73. The summed E-state index contributed by atoms with van der Waals surface area (Å²) in [7, 11) is 0. The van der Waals surface area contributed by atoms with Crippen LogP contribution in [0.4, 0.5) is 5.69 Å². The van der Waals surface area contributed by atoms with Crippen molar-refractivity contribution in [3.63, 3.8) is 0 Å². The van der Waals surface area contributed by atoms with Crippen LogP contribution in [0.15, 0.2) is 18.2 Å². The van der Waals surface area contributed by atoms with E-state index in [0.717, 1.165) is 19.3 Å². The van der Waals surface area contributed by atoms with Gasteiger partial charge in [-0.2, -0.15) is 0 Å². The van der Waals surface area contributed by atoms with E-state index in [9.17, 15) is 14.7 Å². The van der Waals surface area contributed by atoms with E-state index >= 15 is 0 Å². The lowest BCUT2D eigenvalue weighted by molar-refractivity contribution is -0.114. The zero-order valence-corrected chi connectivity index (χ0v) is 16.2. The molecule has 0 spiro atoms. The van der Waals surface area contributed by atoms with Crippen LogP contribution in [0.2, 0.25) is 0 Å². The smallest absolute Gasteiger partial charge is 0.340 e. The van der Waals surface area contributed by atoms with E-state index in [1.165, 1.54) is 70.1 Å². The normalized spacial score (nSPS) is 10.5. The van der Waals surface area contributed by atoms with Crippen LogP contribution in [-0.2, 0) is 9.53 Å². The fraction of sp³-hybridized carbons (Fsp3) is 0.619. The first kappa shape index (κ1) is 22.0. The SMILES string of the molecule is CCCCCCCCCCCCOC(=O)c1cc(O)ccc1NC(C)=O. The number of hydrogen-bond acceptors (Lipinski definition) is 4. The number of anilines is 1. The molecule has 1 aromatic carbocycles. The minimum absolute atomic E-state index is 0.0370. The molecular formula is C21H33NO4. The van der Waals surface area contributed by atoms with Crippen molar-refractivity contribution in [2.45, 2.75) is 78.1 Å². The molecule has 2 N–H and O–H groups in total. The predicted molar refractivity (Wildman–Crippen MR) is 105 cm³/mol. The van der Waals surface area contributed by atoms with Gasteiger partial charge in [0.15, 0.2) is 0 Å². The van der Waals surface area contributed by atoms with Gasteiger partial charge in [0.1, 0.15) is 5.75 Å². The van der Waals surface area contributed by atoms with E-state index in [1.807, 2.05) is 0 Å². The highest BCUT2D eigenvalue weighted by molar-refractivity contribution is 6.01. The fourth-order valence-electron chi connectivity index (χ4n) is 2.83. The average molecular weight is 363 g/mol. The van der Waals surface area contributed by atoms with Crippen LogP contribution in [0.3, 0.4) is 0 Å². The summed E-state index contributed by atoms with van der Waals surface area (Å²) in [6.07, 6.45) is 12.2. The third-order valence-corrected chi connectivity index (χ3v) is 4.26. The van der Waals surface area contributed by atoms with Gasteiger partial charge in [0.2, 0.25) is 5.91 Å². The lowest BCUT2D eigenvalue weighted by Crippen LogP contribution is -2.13. The van der Waals surface area contributed by atoms with Crippen molar-refractivity contribution in [1.82, 2.24) is 0 Å². The van der Waals surface area contributed by atoms with Crippen molar-refractivity contribution in [1.29, 1.82) is 0 Å². The Labute approximate surface area is 157 Å². The number of phenolic OH excluding ortho intramolecular Hbond substituents is 1. The van der Waals surface area contributed by atoms with Gasteiger partial charge in [0.25, 0.3) is 0 Å². The molecule has 1 rings (SSSR count). The molecule has 1 amide bonds. The van der Waals surface area contributed by atoms with Crippen molar-refractivity contribution in [3.8, 4) is 5.75 Å². The van der Waals surface area contributed by atoms with Crippen LogP contribution in [0.5, 0.6) is 5.75 Å². The minimum atomic E-state index is -0.527. The molecule has 0 aromatic heterocycles. The lowest BCUT2D eigenvalue weighted by atomic mass is 10.1. The van der Waals surface area contributed by atoms with Gasteiger partial charge in [0, 0.05) is 6.92 Å². The fourth-order valence-corrected chi connectivity index (χ4v) is 2.83. The van der Waals surface area contributed by atoms with Crippen LogP contribution in [0, 0.1) is 0 Å². The topological polar surface area (TPSA) is 75.6 Å². The van der Waals surface area contributed by atoms with Crippen LogP contribution in [0.1, 0.15) is 88.4 Å². The Morgan fingerprint density at radius 3 is 2.12 bits per heavy atom. The molecule has 5 heteroatoms. The highest BCUT2D eigenvalue weighted by atomic mass is 16.5. The Balaban J connectivity index is 2.21. The Hall–Kier alpha value is -2.04. The highest BCUT2D eigenvalue weighted by Gasteiger charge is 2.14. The number of nitrogens with one attached hydrogen (secondary N) is 1. The number of phenols is 1. The highest BCUT2D eigenvalue weighted by Crippen LogP contribution is 2.22. The maximum atomic E-state index is 12.2. The Morgan fingerprint density at radius 1 is 0.962 bits per heavy atom. The van der Waals surface area contributed by atoms with Gasteiger partial charge in [-0.3, -0.25) is 4.79 Å². The number of rotatable bonds is 13. The molecule has 26 heavy (non-hydrogen) atoms. The van der Waals surface area contributed by atoms with Crippen LogP contribution < -0.4 is 5.32 Å². The summed E-state index contributed by atoms with van der Waals surface area (Å²) in [4.78, 5) is 23.4. The predicted octanol–water partition coefficient (Wildman–Crippen LogP) is 5.43. The molecule has 1 aromatic rings. The van der Waals surface area contributed by atoms with Gasteiger partial charge in [-0.15, -0.1) is 0 Å². The number of carbonyl (C=O) groups excluding carboxylic acids is 2. The maximum Gasteiger partial charge on any atom is 0.340 e. The summed E-state index contributed by atoms with van der Waals surface area (Å²) in [6, 6.07) is 4.23. The largest absolute Gasteiger partial charge is 0.508 e. The van der Waals surface area contributed by atoms with E-state index in [0.29, 0.717) is 12.3 Å². The first-order valence-corrected chi connectivity index (χ1v) is 9.82. The summed E-state index contributed by atoms with van der Waals surface area (Å²) in [6.45, 7) is 3.95. The van der Waals surface area contributed by atoms with Crippen molar-refractivity contribution in [2.24, 2.45) is 0 Å². The second-order valence-corrected chi connectivity index (χ2v) is 6.73. The van der Waals surface area contributed by atoms with Gasteiger partial charge in [-0.25, -0.2) is 4.79 Å². The van der Waals surface area contributed by atoms with Crippen LogP contribution in [0.25, 0.3) is 0 Å². The van der Waals surface area contributed by atoms with Gasteiger partial charge in [-0.05, 0) is 24.6 Å². The number of aromatic hydroxyl groups is 1. The number of carbonyl (C=O) groups is 2. The standard InChI is InChI=1S/C21H33NO4/c1-3-4-5-6-7-8-9-10-11-12-15-26-21(25)19-16-18(24)13-14-20(19)22-17(2)23/h13-14,16,24H,3-12,15H2,1-2H3,(H,22,23). The molecule has 0 bridgehead atoms. The monoisotopic (exact) mass is 363 g/mol. The molecule has 0 saturated carbocycles. The maximum absolute atomic E-state index is 12.2. The third-order valence-electron chi connectivity index (χ3n) is 4.26. The summed E-state index contributed by atoms with van der Waals surface area (Å²) in [5.74, 6) is -0.843. The summed E-state index contributed by atoms with van der Waals surface area (Å²) in [5.41, 5.74) is 0.524. The van der Waals surface area contributed by atoms with Gasteiger partial charge >= 0.3 is 5.97 Å². The van der Waals surface area contributed by atoms with Crippen molar-refractivity contribution >= 4 is 17.6 Å². The summed E-state index contributed by atoms with van der Waals surface area (Å²) in [5, 5.41) is 12.1. The molecule has 0 heterocycles. The minimum Gasteiger partial charge on any atom is -0.508 e. The molecule has 0 atom stereocenters. The summed E-state index contributed by atoms with van der Waals surface area (Å²) >= 11 is 0. The molecule has 0 fully saturated rings. The number of hydrogen-bond donors (Lipinski definition) is 2. The molecule has 0 radical (unpaired) electrons. The molecule has 146 valence electrons. The molecule has 0 aliphatic heterocycles. The Bertz CT molecular complexity index is 557. The van der Waals surface area contributed by atoms with Crippen LogP contribution >= 0.6 is 0 Å². The molecule has 0 unspecified atom stereocenters. The molecular weight excluding hydrogens is 330 g/mol. The van der Waals surface area contributed by atoms with Crippen molar-refractivity contribution in [3.05, 3.63) is 23.8 Å². The zero-order valence-electron chi connectivity index (χ0n) is 16.2. The number of ether oxygens (including phenoxy) is 1. The molecule has 0 saturated heterocycles. The third kappa shape index (κ3) is 9.44. The average Bonchev–Trinajstić information content (AvgIpc) is 2.60. The van der Waals surface area contributed by atoms with E-state index in [1.54, 1.807) is 0 Å². The van der Waals surface area contributed by atoms with Crippen molar-refractivity contribution in [2.75, 3.05) is 11.9 Å². The van der Waals surface area contributed by atoms with E-state index in [4.69, 9.17) is 4.74 Å². The molecule has 0 aliphatic rings. The number of benzene rings is 1. The van der Waals surface area contributed by atoms with Gasteiger partial charge < -0.3 is 15.2 Å². The zero-order chi connectivity index (χ0) is 19.2. The van der Waals surface area contributed by atoms with Crippen molar-refractivity contribution < 1.29 is 19.4 Å². The van der Waals surface area contributed by atoms with E-state index in [-0.39, 0.29) is 17.2 Å². The quantitative estimate of drug-likeness (QED) is 0.278. The lowest BCUT2D eigenvalue weighted by Gasteiger charge is -2.10. The van der Waals surface area contributed by atoms with E-state index in [2.05, 4.69) is 12.2 Å².